The van der Waals surface area contributed by atoms with Gasteiger partial charge in [0.1, 0.15) is 0 Å². The molecule has 0 saturated heterocycles. The van der Waals surface area contributed by atoms with Crippen LogP contribution in [0.15, 0.2) is 47.4 Å². The fraction of sp³-hybridized carbons (Fsp3) is 0.300. The standard InChI is InChI=1S/C20H22N2O2S/c1-4-22(12-16-8-6-5-7-13(16)2)20(24)15-9-10-18-17(11-15)21-19(23)14(3)25-18/h5-11,14H,4,12H2,1-3H3,(H,21,23). The Morgan fingerprint density at radius 3 is 2.72 bits per heavy atom. The van der Waals surface area contributed by atoms with Crippen LogP contribution >= 0.6 is 11.8 Å². The quantitative estimate of drug-likeness (QED) is 0.900. The van der Waals surface area contributed by atoms with E-state index in [0.29, 0.717) is 18.7 Å². The van der Waals surface area contributed by atoms with Crippen LogP contribution in [0.4, 0.5) is 5.69 Å². The molecule has 130 valence electrons. The van der Waals surface area contributed by atoms with Gasteiger partial charge in [0, 0.05) is 23.5 Å². The lowest BCUT2D eigenvalue weighted by Crippen LogP contribution is -2.31. The van der Waals surface area contributed by atoms with Gasteiger partial charge < -0.3 is 10.2 Å². The van der Waals surface area contributed by atoms with E-state index in [0.717, 1.165) is 16.1 Å². The van der Waals surface area contributed by atoms with Gasteiger partial charge in [-0.2, -0.15) is 0 Å². The van der Waals surface area contributed by atoms with Gasteiger partial charge in [0.25, 0.3) is 5.91 Å². The highest BCUT2D eigenvalue weighted by atomic mass is 32.2. The Morgan fingerprint density at radius 1 is 1.24 bits per heavy atom. The van der Waals surface area contributed by atoms with Gasteiger partial charge in [0.2, 0.25) is 5.91 Å². The largest absolute Gasteiger partial charge is 0.335 e. The van der Waals surface area contributed by atoms with Gasteiger partial charge in [0.15, 0.2) is 0 Å². The number of benzene rings is 2. The zero-order valence-corrected chi connectivity index (χ0v) is 15.5. The monoisotopic (exact) mass is 354 g/mol. The van der Waals surface area contributed by atoms with Crippen molar-refractivity contribution in [1.82, 2.24) is 4.90 Å². The molecular weight excluding hydrogens is 332 g/mol. The lowest BCUT2D eigenvalue weighted by atomic mass is 10.1. The summed E-state index contributed by atoms with van der Waals surface area (Å²) in [5, 5.41) is 2.78. The summed E-state index contributed by atoms with van der Waals surface area (Å²) in [6.45, 7) is 7.12. The smallest absolute Gasteiger partial charge is 0.254 e. The zero-order valence-electron chi connectivity index (χ0n) is 14.7. The van der Waals surface area contributed by atoms with Crippen molar-refractivity contribution in [2.45, 2.75) is 37.5 Å². The number of fused-ring (bicyclic) bond motifs is 1. The molecule has 25 heavy (non-hydrogen) atoms. The number of hydrogen-bond donors (Lipinski definition) is 1. The first-order valence-corrected chi connectivity index (χ1v) is 9.33. The SMILES string of the molecule is CCN(Cc1ccccc1C)C(=O)c1ccc2c(c1)NC(=O)C(C)S2. The summed E-state index contributed by atoms with van der Waals surface area (Å²) in [6.07, 6.45) is 0. The molecule has 0 saturated carbocycles. The molecule has 0 bridgehead atoms. The maximum absolute atomic E-state index is 12.9. The van der Waals surface area contributed by atoms with Crippen LogP contribution < -0.4 is 5.32 Å². The molecule has 0 spiro atoms. The summed E-state index contributed by atoms with van der Waals surface area (Å²) in [7, 11) is 0. The van der Waals surface area contributed by atoms with Gasteiger partial charge in [0.05, 0.1) is 10.9 Å². The highest BCUT2D eigenvalue weighted by molar-refractivity contribution is 8.00. The molecule has 5 heteroatoms. The number of rotatable bonds is 4. The molecule has 0 aromatic heterocycles. The van der Waals surface area contributed by atoms with Crippen molar-refractivity contribution in [3.63, 3.8) is 0 Å². The third kappa shape index (κ3) is 3.71. The third-order valence-corrected chi connectivity index (χ3v) is 5.63. The molecule has 0 radical (unpaired) electrons. The average molecular weight is 354 g/mol. The second kappa shape index (κ2) is 7.31. The number of amides is 2. The number of nitrogens with zero attached hydrogens (tertiary/aromatic N) is 1. The van der Waals surface area contributed by atoms with Crippen LogP contribution in [-0.4, -0.2) is 28.5 Å². The van der Waals surface area contributed by atoms with Crippen molar-refractivity contribution in [2.75, 3.05) is 11.9 Å². The minimum atomic E-state index is -0.109. The Bertz CT molecular complexity index is 819. The van der Waals surface area contributed by atoms with E-state index in [1.165, 1.54) is 17.3 Å². The van der Waals surface area contributed by atoms with E-state index < -0.39 is 0 Å². The molecule has 1 aliphatic heterocycles. The molecule has 1 aliphatic rings. The summed E-state index contributed by atoms with van der Waals surface area (Å²) in [5.41, 5.74) is 3.65. The summed E-state index contributed by atoms with van der Waals surface area (Å²) in [4.78, 5) is 27.6. The first kappa shape index (κ1) is 17.5. The van der Waals surface area contributed by atoms with E-state index in [2.05, 4.69) is 24.4 Å². The Balaban J connectivity index is 1.83. The van der Waals surface area contributed by atoms with Gasteiger partial charge in [-0.1, -0.05) is 24.3 Å². The number of hydrogen-bond acceptors (Lipinski definition) is 3. The Hall–Kier alpha value is -2.27. The van der Waals surface area contributed by atoms with E-state index in [-0.39, 0.29) is 17.1 Å². The maximum atomic E-state index is 12.9. The van der Waals surface area contributed by atoms with Crippen LogP contribution in [0, 0.1) is 6.92 Å². The van der Waals surface area contributed by atoms with Crippen molar-refractivity contribution in [1.29, 1.82) is 0 Å². The minimum Gasteiger partial charge on any atom is -0.335 e. The summed E-state index contributed by atoms with van der Waals surface area (Å²) in [6, 6.07) is 13.7. The predicted octanol–water partition coefficient (Wildman–Crippen LogP) is 4.09. The molecule has 4 nitrogen and oxygen atoms in total. The van der Waals surface area contributed by atoms with Crippen molar-refractivity contribution in [2.24, 2.45) is 0 Å². The van der Waals surface area contributed by atoms with Gasteiger partial charge >= 0.3 is 0 Å². The van der Waals surface area contributed by atoms with Gasteiger partial charge in [-0.25, -0.2) is 0 Å². The Kier molecular flexibility index (Phi) is 5.13. The summed E-state index contributed by atoms with van der Waals surface area (Å²) < 4.78 is 0. The second-order valence-corrected chi connectivity index (χ2v) is 7.59. The fourth-order valence-corrected chi connectivity index (χ4v) is 3.78. The van der Waals surface area contributed by atoms with Crippen molar-refractivity contribution in [3.8, 4) is 0 Å². The van der Waals surface area contributed by atoms with Crippen LogP contribution in [0.2, 0.25) is 0 Å². The van der Waals surface area contributed by atoms with Crippen LogP contribution in [0.5, 0.6) is 0 Å². The number of nitrogens with one attached hydrogen (secondary N) is 1. The van der Waals surface area contributed by atoms with Gasteiger partial charge in [-0.05, 0) is 50.1 Å². The normalized spacial score (nSPS) is 16.1. The number of aryl methyl sites for hydroxylation is 1. The number of anilines is 1. The van der Waals surface area contributed by atoms with E-state index in [1.807, 2.05) is 43.0 Å². The molecular formula is C20H22N2O2S. The van der Waals surface area contributed by atoms with Crippen LogP contribution in [0.25, 0.3) is 0 Å². The molecule has 0 fully saturated rings. The molecule has 2 aromatic rings. The van der Waals surface area contributed by atoms with Crippen molar-refractivity contribution in [3.05, 3.63) is 59.2 Å². The Labute approximate surface area is 152 Å². The molecule has 3 rings (SSSR count). The Morgan fingerprint density at radius 2 is 2.00 bits per heavy atom. The van der Waals surface area contributed by atoms with E-state index in [1.54, 1.807) is 6.07 Å². The topological polar surface area (TPSA) is 49.4 Å². The van der Waals surface area contributed by atoms with E-state index >= 15 is 0 Å². The zero-order chi connectivity index (χ0) is 18.0. The van der Waals surface area contributed by atoms with E-state index in [4.69, 9.17) is 0 Å². The van der Waals surface area contributed by atoms with Gasteiger partial charge in [-0.15, -0.1) is 11.8 Å². The summed E-state index contributed by atoms with van der Waals surface area (Å²) in [5.74, 6) is -0.0409. The summed E-state index contributed by atoms with van der Waals surface area (Å²) >= 11 is 1.52. The lowest BCUT2D eigenvalue weighted by Gasteiger charge is -2.24. The first-order chi connectivity index (χ1) is 12.0. The highest BCUT2D eigenvalue weighted by Crippen LogP contribution is 2.36. The first-order valence-electron chi connectivity index (χ1n) is 8.45. The number of carbonyl (C=O) groups is 2. The van der Waals surface area contributed by atoms with Crippen LogP contribution in [-0.2, 0) is 11.3 Å². The van der Waals surface area contributed by atoms with Crippen LogP contribution in [0.3, 0.4) is 0 Å². The molecule has 1 atom stereocenters. The van der Waals surface area contributed by atoms with Crippen LogP contribution in [0.1, 0.15) is 35.3 Å². The maximum Gasteiger partial charge on any atom is 0.254 e. The lowest BCUT2D eigenvalue weighted by molar-refractivity contribution is -0.115. The fourth-order valence-electron chi connectivity index (χ4n) is 2.84. The van der Waals surface area contributed by atoms with E-state index in [9.17, 15) is 9.59 Å². The second-order valence-electron chi connectivity index (χ2n) is 6.21. The molecule has 2 aromatic carbocycles. The highest BCUT2D eigenvalue weighted by Gasteiger charge is 2.24. The molecule has 2 amide bonds. The average Bonchev–Trinajstić information content (AvgIpc) is 2.61. The number of thioether (sulfide) groups is 1. The number of carbonyl (C=O) groups excluding carboxylic acids is 2. The molecule has 1 N–H and O–H groups in total. The third-order valence-electron chi connectivity index (χ3n) is 4.45. The predicted molar refractivity (Wildman–Crippen MR) is 102 cm³/mol. The molecule has 1 unspecified atom stereocenters. The molecule has 0 aliphatic carbocycles. The van der Waals surface area contributed by atoms with Crippen molar-refractivity contribution < 1.29 is 9.59 Å². The minimum absolute atomic E-state index is 0.0191. The molecule has 1 heterocycles. The van der Waals surface area contributed by atoms with Gasteiger partial charge in [-0.3, -0.25) is 9.59 Å². The van der Waals surface area contributed by atoms with Crippen molar-refractivity contribution >= 4 is 29.3 Å².